The molecular formula is C13H15BF4O3. The monoisotopic (exact) mass is 306 g/mol. The van der Waals surface area contributed by atoms with Crippen LogP contribution in [-0.4, -0.2) is 24.9 Å². The van der Waals surface area contributed by atoms with Crippen molar-refractivity contribution in [3.63, 3.8) is 0 Å². The molecule has 0 amide bonds. The molecule has 3 nitrogen and oxygen atoms in total. The Hall–Kier alpha value is -1.28. The van der Waals surface area contributed by atoms with Crippen molar-refractivity contribution in [3.8, 4) is 5.75 Å². The first-order valence-corrected chi connectivity index (χ1v) is 6.33. The van der Waals surface area contributed by atoms with Crippen molar-refractivity contribution in [1.82, 2.24) is 0 Å². The van der Waals surface area contributed by atoms with Crippen molar-refractivity contribution < 1.29 is 31.6 Å². The lowest BCUT2D eigenvalue weighted by molar-refractivity contribution is -0.0524. The highest BCUT2D eigenvalue weighted by Gasteiger charge is 2.52. The van der Waals surface area contributed by atoms with Crippen LogP contribution in [0.3, 0.4) is 0 Å². The summed E-state index contributed by atoms with van der Waals surface area (Å²) in [6.07, 6.45) is 0. The Bertz CT molecular complexity index is 532. The summed E-state index contributed by atoms with van der Waals surface area (Å²) in [4.78, 5) is 0. The first kappa shape index (κ1) is 16.1. The van der Waals surface area contributed by atoms with E-state index in [0.29, 0.717) is 0 Å². The van der Waals surface area contributed by atoms with Gasteiger partial charge in [-0.3, -0.25) is 0 Å². The Labute approximate surface area is 120 Å². The maximum atomic E-state index is 14.0. The highest BCUT2D eigenvalue weighted by molar-refractivity contribution is 6.62. The molecule has 0 N–H and O–H groups in total. The third kappa shape index (κ3) is 2.87. The Morgan fingerprint density at radius 2 is 1.52 bits per heavy atom. The van der Waals surface area contributed by atoms with Crippen molar-refractivity contribution in [3.05, 3.63) is 23.8 Å². The van der Waals surface area contributed by atoms with Crippen molar-refractivity contribution in [2.24, 2.45) is 0 Å². The molecule has 0 spiro atoms. The van der Waals surface area contributed by atoms with E-state index < -0.39 is 42.3 Å². The molecule has 1 aliphatic rings. The minimum absolute atomic E-state index is 0.201. The molecule has 0 aliphatic carbocycles. The molecular weight excluding hydrogens is 291 g/mol. The molecule has 0 atom stereocenters. The lowest BCUT2D eigenvalue weighted by Crippen LogP contribution is -2.41. The number of benzene rings is 1. The van der Waals surface area contributed by atoms with Gasteiger partial charge in [0.1, 0.15) is 0 Å². The van der Waals surface area contributed by atoms with E-state index in [2.05, 4.69) is 4.74 Å². The first-order chi connectivity index (χ1) is 9.55. The zero-order valence-corrected chi connectivity index (χ0v) is 12.0. The Balaban J connectivity index is 2.33. The predicted octanol–water partition coefficient (Wildman–Crippen LogP) is 2.87. The second-order valence-corrected chi connectivity index (χ2v) is 5.75. The van der Waals surface area contributed by atoms with E-state index in [1.165, 1.54) is 0 Å². The third-order valence-corrected chi connectivity index (χ3v) is 3.80. The van der Waals surface area contributed by atoms with E-state index in [4.69, 9.17) is 9.31 Å². The Kier molecular flexibility index (Phi) is 3.97. The molecule has 116 valence electrons. The SMILES string of the molecule is CC1(C)OB(c2ccc(OC(F)F)c(F)c2F)OC1(C)C. The minimum Gasteiger partial charge on any atom is -0.432 e. The van der Waals surface area contributed by atoms with E-state index >= 15 is 0 Å². The van der Waals surface area contributed by atoms with Crippen LogP contribution < -0.4 is 10.2 Å². The first-order valence-electron chi connectivity index (χ1n) is 6.33. The summed E-state index contributed by atoms with van der Waals surface area (Å²) in [7, 11) is -1.12. The maximum absolute atomic E-state index is 14.0. The number of rotatable bonds is 3. The fraction of sp³-hybridized carbons (Fsp3) is 0.538. The van der Waals surface area contributed by atoms with Gasteiger partial charge in [0.2, 0.25) is 0 Å². The molecule has 0 saturated carbocycles. The molecule has 0 bridgehead atoms. The minimum atomic E-state index is -3.23. The zero-order valence-electron chi connectivity index (χ0n) is 12.0. The van der Waals surface area contributed by atoms with Gasteiger partial charge in [0.05, 0.1) is 11.2 Å². The molecule has 0 unspecified atom stereocenters. The molecule has 1 aromatic rings. The highest BCUT2D eigenvalue weighted by Crippen LogP contribution is 2.37. The lowest BCUT2D eigenvalue weighted by atomic mass is 9.78. The summed E-state index contributed by atoms with van der Waals surface area (Å²) in [5.74, 6) is -3.68. The smallest absolute Gasteiger partial charge is 0.432 e. The second-order valence-electron chi connectivity index (χ2n) is 5.75. The normalized spacial score (nSPS) is 20.1. The van der Waals surface area contributed by atoms with E-state index in [9.17, 15) is 17.6 Å². The summed E-state index contributed by atoms with van der Waals surface area (Å²) in [6, 6.07) is 2.03. The Morgan fingerprint density at radius 1 is 1.00 bits per heavy atom. The molecule has 0 aromatic heterocycles. The van der Waals surface area contributed by atoms with Gasteiger partial charge in [-0.25, -0.2) is 4.39 Å². The van der Waals surface area contributed by atoms with Crippen LogP contribution in [0.1, 0.15) is 27.7 Å². The summed E-state index contributed by atoms with van der Waals surface area (Å²) in [5.41, 5.74) is -1.65. The van der Waals surface area contributed by atoms with Crippen LogP contribution in [0.5, 0.6) is 5.75 Å². The summed E-state index contributed by atoms with van der Waals surface area (Å²) < 4.78 is 67.0. The number of hydrogen-bond acceptors (Lipinski definition) is 3. The molecule has 1 aromatic carbocycles. The van der Waals surface area contributed by atoms with Crippen molar-refractivity contribution >= 4 is 12.6 Å². The highest BCUT2D eigenvalue weighted by atomic mass is 19.3. The molecule has 1 heterocycles. The van der Waals surface area contributed by atoms with Crippen LogP contribution in [0.25, 0.3) is 0 Å². The van der Waals surface area contributed by atoms with Crippen LogP contribution in [0.2, 0.25) is 0 Å². The van der Waals surface area contributed by atoms with E-state index in [0.717, 1.165) is 12.1 Å². The van der Waals surface area contributed by atoms with Crippen molar-refractivity contribution in [2.75, 3.05) is 0 Å². The zero-order chi connectivity index (χ0) is 16.0. The van der Waals surface area contributed by atoms with Crippen molar-refractivity contribution in [1.29, 1.82) is 0 Å². The quantitative estimate of drug-likeness (QED) is 0.635. The maximum Gasteiger partial charge on any atom is 0.497 e. The Morgan fingerprint density at radius 3 is 2.00 bits per heavy atom. The van der Waals surface area contributed by atoms with E-state index in [-0.39, 0.29) is 5.46 Å². The molecule has 1 fully saturated rings. The number of halogens is 4. The molecule has 8 heteroatoms. The van der Waals surface area contributed by atoms with Gasteiger partial charge in [-0.15, -0.1) is 0 Å². The fourth-order valence-electron chi connectivity index (χ4n) is 1.89. The van der Waals surface area contributed by atoms with Gasteiger partial charge < -0.3 is 14.0 Å². The van der Waals surface area contributed by atoms with Gasteiger partial charge in [-0.2, -0.15) is 13.2 Å². The van der Waals surface area contributed by atoms with Crippen LogP contribution in [0, 0.1) is 11.6 Å². The summed E-state index contributed by atoms with van der Waals surface area (Å²) in [5, 5.41) is 0. The molecule has 0 radical (unpaired) electrons. The topological polar surface area (TPSA) is 27.7 Å². The standard InChI is InChI=1S/C13H15BF4O3/c1-12(2)13(3,4)21-14(20-12)7-5-6-8(19-11(17)18)10(16)9(7)15/h5-6,11H,1-4H3. The van der Waals surface area contributed by atoms with Crippen molar-refractivity contribution in [2.45, 2.75) is 45.5 Å². The van der Waals surface area contributed by atoms with Crippen LogP contribution in [-0.2, 0) is 9.31 Å². The van der Waals surface area contributed by atoms with Gasteiger partial charge in [-0.05, 0) is 33.8 Å². The number of hydrogen-bond donors (Lipinski definition) is 0. The van der Waals surface area contributed by atoms with Crippen LogP contribution in [0.4, 0.5) is 17.6 Å². The lowest BCUT2D eigenvalue weighted by Gasteiger charge is -2.32. The van der Waals surface area contributed by atoms with Gasteiger partial charge >= 0.3 is 13.7 Å². The van der Waals surface area contributed by atoms with Crippen LogP contribution >= 0.6 is 0 Å². The fourth-order valence-corrected chi connectivity index (χ4v) is 1.89. The molecule has 1 aliphatic heterocycles. The molecule has 21 heavy (non-hydrogen) atoms. The third-order valence-electron chi connectivity index (χ3n) is 3.80. The van der Waals surface area contributed by atoms with Gasteiger partial charge in [-0.1, -0.05) is 6.07 Å². The summed E-state index contributed by atoms with van der Waals surface area (Å²) >= 11 is 0. The van der Waals surface area contributed by atoms with E-state index in [1.54, 1.807) is 27.7 Å². The number of alkyl halides is 2. The van der Waals surface area contributed by atoms with Gasteiger partial charge in [0, 0.05) is 5.46 Å². The van der Waals surface area contributed by atoms with Gasteiger partial charge in [0.15, 0.2) is 17.4 Å². The molecule has 1 saturated heterocycles. The van der Waals surface area contributed by atoms with Crippen LogP contribution in [0.15, 0.2) is 12.1 Å². The number of ether oxygens (including phenoxy) is 1. The average Bonchev–Trinajstić information content (AvgIpc) is 2.54. The predicted molar refractivity (Wildman–Crippen MR) is 68.7 cm³/mol. The average molecular weight is 306 g/mol. The van der Waals surface area contributed by atoms with E-state index in [1.807, 2.05) is 0 Å². The van der Waals surface area contributed by atoms with Gasteiger partial charge in [0.25, 0.3) is 0 Å². The summed E-state index contributed by atoms with van der Waals surface area (Å²) in [6.45, 7) is 3.80. The largest absolute Gasteiger partial charge is 0.497 e. The molecule has 2 rings (SSSR count). The second kappa shape index (κ2) is 5.17.